The molecule has 54 heavy (non-hydrogen) atoms. The average molecular weight is 688 g/mol. The molecule has 8 aromatic carbocycles. The van der Waals surface area contributed by atoms with Gasteiger partial charge in [0.05, 0.1) is 39.1 Å². The van der Waals surface area contributed by atoms with Crippen molar-refractivity contribution in [2.24, 2.45) is 0 Å². The van der Waals surface area contributed by atoms with Crippen molar-refractivity contribution in [3.63, 3.8) is 0 Å². The van der Waals surface area contributed by atoms with E-state index in [4.69, 9.17) is 4.98 Å². The maximum absolute atomic E-state index is 5.48. The van der Waals surface area contributed by atoms with Crippen LogP contribution in [0.25, 0.3) is 99.4 Å². The predicted molar refractivity (Wildman–Crippen MR) is 227 cm³/mol. The molecule has 0 fully saturated rings. The smallest absolute Gasteiger partial charge is 0.0789 e. The van der Waals surface area contributed by atoms with Gasteiger partial charge < -0.3 is 9.13 Å². The summed E-state index contributed by atoms with van der Waals surface area (Å²) in [5, 5.41) is 7.32. The van der Waals surface area contributed by atoms with Crippen molar-refractivity contribution in [3.05, 3.63) is 200 Å². The quantitative estimate of drug-likeness (QED) is 0.177. The van der Waals surface area contributed by atoms with Gasteiger partial charge in [-0.1, -0.05) is 152 Å². The average Bonchev–Trinajstić information content (AvgIpc) is 3.77. The molecule has 0 aliphatic heterocycles. The molecule has 3 heterocycles. The Morgan fingerprint density at radius 1 is 0.333 bits per heavy atom. The van der Waals surface area contributed by atoms with E-state index in [0.717, 1.165) is 50.5 Å². The molecule has 11 aromatic rings. The van der Waals surface area contributed by atoms with Crippen molar-refractivity contribution >= 4 is 54.4 Å². The van der Waals surface area contributed by atoms with Gasteiger partial charge in [-0.2, -0.15) is 0 Å². The fourth-order valence-electron chi connectivity index (χ4n) is 8.44. The minimum Gasteiger partial charge on any atom is -0.307 e. The van der Waals surface area contributed by atoms with E-state index in [1.165, 1.54) is 48.9 Å². The SMILES string of the molecule is c1ccc(-c2cc(-c3ccc4ccccc4c3)nc(-c3ccccc3-n3c4ccccc4c4ccc5c6ccccc6n(-c6ccccc6)c5c43)c2)cc1. The van der Waals surface area contributed by atoms with Gasteiger partial charge >= 0.3 is 0 Å². The number of nitrogens with zero attached hydrogens (tertiary/aromatic N) is 3. The Balaban J connectivity index is 1.24. The van der Waals surface area contributed by atoms with Gasteiger partial charge in [0.25, 0.3) is 0 Å². The Morgan fingerprint density at radius 3 is 1.67 bits per heavy atom. The van der Waals surface area contributed by atoms with Crippen LogP contribution in [0.3, 0.4) is 0 Å². The zero-order valence-electron chi connectivity index (χ0n) is 29.4. The van der Waals surface area contributed by atoms with Gasteiger partial charge in [0, 0.05) is 38.4 Å². The highest BCUT2D eigenvalue weighted by atomic mass is 15.0. The number of aromatic nitrogens is 3. The standard InChI is InChI=1S/C51H33N3/c1-3-15-34(16-4-1)38-32-45(37-28-27-35-17-7-8-18-36(35)31-37)52-46(33-38)44-23-11-14-26-49(44)54-48-25-13-10-22-41(48)43-30-29-42-40-21-9-12-24-47(40)53(50(42)51(43)54)39-19-5-2-6-20-39/h1-33H. The summed E-state index contributed by atoms with van der Waals surface area (Å²) in [4.78, 5) is 5.48. The van der Waals surface area contributed by atoms with Crippen molar-refractivity contribution in [3.8, 4) is 45.0 Å². The molecule has 0 spiro atoms. The minimum atomic E-state index is 0.928. The Labute approximate surface area is 312 Å². The molecule has 11 rings (SSSR count). The van der Waals surface area contributed by atoms with Gasteiger partial charge in [0.2, 0.25) is 0 Å². The number of para-hydroxylation sites is 4. The maximum atomic E-state index is 5.48. The largest absolute Gasteiger partial charge is 0.307 e. The molecule has 0 bridgehead atoms. The second kappa shape index (κ2) is 12.2. The summed E-state index contributed by atoms with van der Waals surface area (Å²) < 4.78 is 4.92. The van der Waals surface area contributed by atoms with Crippen molar-refractivity contribution in [1.82, 2.24) is 14.1 Å². The molecular formula is C51H33N3. The molecule has 0 radical (unpaired) electrons. The molecule has 0 atom stereocenters. The minimum absolute atomic E-state index is 0.928. The molecule has 252 valence electrons. The number of hydrogen-bond acceptors (Lipinski definition) is 1. The van der Waals surface area contributed by atoms with E-state index in [0.29, 0.717) is 0 Å². The monoisotopic (exact) mass is 687 g/mol. The van der Waals surface area contributed by atoms with Crippen LogP contribution in [-0.4, -0.2) is 14.1 Å². The van der Waals surface area contributed by atoms with Crippen molar-refractivity contribution in [1.29, 1.82) is 0 Å². The highest BCUT2D eigenvalue weighted by Crippen LogP contribution is 2.43. The van der Waals surface area contributed by atoms with Crippen LogP contribution in [0.2, 0.25) is 0 Å². The molecule has 0 aliphatic carbocycles. The third-order valence-electron chi connectivity index (χ3n) is 10.9. The first-order valence-corrected chi connectivity index (χ1v) is 18.5. The Bertz CT molecular complexity index is 3210. The van der Waals surface area contributed by atoms with Crippen LogP contribution in [0.15, 0.2) is 200 Å². The van der Waals surface area contributed by atoms with E-state index in [1.807, 2.05) is 0 Å². The zero-order valence-corrected chi connectivity index (χ0v) is 29.4. The third-order valence-corrected chi connectivity index (χ3v) is 10.9. The number of benzene rings is 8. The van der Waals surface area contributed by atoms with Crippen molar-refractivity contribution in [2.45, 2.75) is 0 Å². The van der Waals surface area contributed by atoms with Crippen LogP contribution in [0.1, 0.15) is 0 Å². The lowest BCUT2D eigenvalue weighted by Crippen LogP contribution is -2.01. The van der Waals surface area contributed by atoms with Crippen molar-refractivity contribution < 1.29 is 0 Å². The van der Waals surface area contributed by atoms with E-state index in [2.05, 4.69) is 209 Å². The fraction of sp³-hybridized carbons (Fsp3) is 0. The second-order valence-electron chi connectivity index (χ2n) is 14.0. The second-order valence-corrected chi connectivity index (χ2v) is 14.0. The molecule has 0 saturated heterocycles. The summed E-state index contributed by atoms with van der Waals surface area (Å²) in [6, 6.07) is 72.0. The molecule has 3 aromatic heterocycles. The summed E-state index contributed by atoms with van der Waals surface area (Å²) in [5.41, 5.74) is 13.3. The number of fused-ring (bicyclic) bond motifs is 8. The van der Waals surface area contributed by atoms with Gasteiger partial charge in [0.15, 0.2) is 0 Å². The molecule has 0 saturated carbocycles. The first-order chi connectivity index (χ1) is 26.8. The van der Waals surface area contributed by atoms with Gasteiger partial charge in [-0.3, -0.25) is 0 Å². The van der Waals surface area contributed by atoms with E-state index in [1.54, 1.807) is 0 Å². The van der Waals surface area contributed by atoms with E-state index >= 15 is 0 Å². The van der Waals surface area contributed by atoms with Crippen LogP contribution in [0, 0.1) is 0 Å². The Hall–Kier alpha value is -7.23. The molecule has 3 heteroatoms. The number of pyridine rings is 1. The van der Waals surface area contributed by atoms with Crippen LogP contribution in [-0.2, 0) is 0 Å². The lowest BCUT2D eigenvalue weighted by molar-refractivity contribution is 1.15. The molecule has 0 aliphatic rings. The zero-order chi connectivity index (χ0) is 35.6. The summed E-state index contributed by atoms with van der Waals surface area (Å²) in [6.45, 7) is 0. The molecular weight excluding hydrogens is 655 g/mol. The van der Waals surface area contributed by atoms with Gasteiger partial charge in [-0.25, -0.2) is 4.98 Å². The van der Waals surface area contributed by atoms with Crippen LogP contribution in [0.5, 0.6) is 0 Å². The van der Waals surface area contributed by atoms with E-state index < -0.39 is 0 Å². The summed E-state index contributed by atoms with van der Waals surface area (Å²) in [5.74, 6) is 0. The highest BCUT2D eigenvalue weighted by molar-refractivity contribution is 6.24. The van der Waals surface area contributed by atoms with E-state index in [-0.39, 0.29) is 0 Å². The normalized spacial score (nSPS) is 11.7. The Morgan fingerprint density at radius 2 is 0.907 bits per heavy atom. The predicted octanol–water partition coefficient (Wildman–Crippen LogP) is 13.4. The number of rotatable bonds is 5. The Kier molecular flexibility index (Phi) is 6.86. The number of hydrogen-bond donors (Lipinski definition) is 0. The third kappa shape index (κ3) is 4.72. The maximum Gasteiger partial charge on any atom is 0.0789 e. The lowest BCUT2D eigenvalue weighted by Gasteiger charge is -2.17. The summed E-state index contributed by atoms with van der Waals surface area (Å²) in [7, 11) is 0. The van der Waals surface area contributed by atoms with Crippen LogP contribution < -0.4 is 0 Å². The van der Waals surface area contributed by atoms with E-state index in [9.17, 15) is 0 Å². The van der Waals surface area contributed by atoms with Gasteiger partial charge in [-0.05, 0) is 70.4 Å². The topological polar surface area (TPSA) is 22.8 Å². The van der Waals surface area contributed by atoms with Gasteiger partial charge in [0.1, 0.15) is 0 Å². The highest BCUT2D eigenvalue weighted by Gasteiger charge is 2.23. The molecule has 3 nitrogen and oxygen atoms in total. The fourth-order valence-corrected chi connectivity index (χ4v) is 8.44. The lowest BCUT2D eigenvalue weighted by atomic mass is 9.98. The summed E-state index contributed by atoms with van der Waals surface area (Å²) >= 11 is 0. The molecule has 0 amide bonds. The van der Waals surface area contributed by atoms with Gasteiger partial charge in [-0.15, -0.1) is 0 Å². The molecule has 0 N–H and O–H groups in total. The van der Waals surface area contributed by atoms with Crippen molar-refractivity contribution in [2.75, 3.05) is 0 Å². The van der Waals surface area contributed by atoms with Crippen LogP contribution >= 0.6 is 0 Å². The first kappa shape index (κ1) is 30.4. The van der Waals surface area contributed by atoms with Crippen LogP contribution in [0.4, 0.5) is 0 Å². The molecule has 0 unspecified atom stereocenters. The summed E-state index contributed by atoms with van der Waals surface area (Å²) in [6.07, 6.45) is 0. The first-order valence-electron chi connectivity index (χ1n) is 18.5.